The smallest absolute Gasteiger partial charge is 0.252 e. The molecule has 0 unspecified atom stereocenters. The molecule has 0 amide bonds. The quantitative estimate of drug-likeness (QED) is 0.148. The number of fused-ring (bicyclic) bond motifs is 7. The van der Waals surface area contributed by atoms with E-state index < -0.39 is 0 Å². The highest BCUT2D eigenvalue weighted by molar-refractivity contribution is 7.00. The van der Waals surface area contributed by atoms with Crippen molar-refractivity contribution in [3.8, 4) is 16.8 Å². The summed E-state index contributed by atoms with van der Waals surface area (Å²) in [6.07, 6.45) is 0. The van der Waals surface area contributed by atoms with Crippen LogP contribution >= 0.6 is 0 Å². The molecule has 13 rings (SSSR count). The Morgan fingerprint density at radius 3 is 1.57 bits per heavy atom. The Balaban J connectivity index is 1.10. The van der Waals surface area contributed by atoms with Crippen LogP contribution in [0.15, 0.2) is 200 Å². The summed E-state index contributed by atoms with van der Waals surface area (Å²) >= 11 is 0. The van der Waals surface area contributed by atoms with Crippen molar-refractivity contribution in [2.24, 2.45) is 0 Å². The molecule has 0 bridgehead atoms. The van der Waals surface area contributed by atoms with Crippen LogP contribution in [0.1, 0.15) is 107 Å². The molecule has 2 aliphatic heterocycles. The van der Waals surface area contributed by atoms with E-state index in [4.69, 9.17) is 0 Å². The minimum atomic E-state index is -0.0757. The lowest BCUT2D eigenvalue weighted by Gasteiger charge is -2.45. The number of rotatable bonds is 7. The first-order chi connectivity index (χ1) is 39.1. The van der Waals surface area contributed by atoms with Crippen LogP contribution in [-0.2, 0) is 16.2 Å². The van der Waals surface area contributed by atoms with Crippen LogP contribution in [0.4, 0.5) is 51.2 Å². The Morgan fingerprint density at radius 2 is 0.927 bits per heavy atom. The van der Waals surface area contributed by atoms with Crippen molar-refractivity contribution in [3.63, 3.8) is 0 Å². The van der Waals surface area contributed by atoms with Gasteiger partial charge in [0, 0.05) is 56.3 Å². The van der Waals surface area contributed by atoms with Crippen LogP contribution in [0.2, 0.25) is 0 Å². The Kier molecular flexibility index (Phi) is 12.4. The van der Waals surface area contributed by atoms with Gasteiger partial charge in [0.2, 0.25) is 0 Å². The molecule has 10 aromatic carbocycles. The molecule has 3 heterocycles. The number of benzene rings is 10. The lowest BCUT2D eigenvalue weighted by atomic mass is 9.33. The number of aromatic nitrogens is 1. The molecule has 2 aliphatic rings. The molecule has 0 saturated carbocycles. The second kappa shape index (κ2) is 19.3. The van der Waals surface area contributed by atoms with Gasteiger partial charge in [-0.3, -0.25) is 0 Å². The van der Waals surface area contributed by atoms with Gasteiger partial charge in [0.05, 0.1) is 22.4 Å². The maximum atomic E-state index is 2.61. The van der Waals surface area contributed by atoms with Gasteiger partial charge >= 0.3 is 0 Å². The van der Waals surface area contributed by atoms with E-state index in [-0.39, 0.29) is 23.0 Å². The largest absolute Gasteiger partial charge is 0.311 e. The standard InChI is InChI=1S/C77H75BN4/c1-48-39-70-72-71(40-48)82(74-49(2)41-54(42-50(74)3)53-23-17-15-18-24-53)67-38-31-56(76(9,10)11)45-65(67)78(72)64-37-35-61(47-69(64)81(70)59-32-29-55(30-33-59)75(6,7)8)79(73-51(4)43-57(44-52(73)5)77(12,13)14)60-34-36-63-62-27-21-22-28-66(62)80(68(63)46-60)58-25-19-16-20-26-58/h15-47H,1-14H3. The zero-order valence-electron chi connectivity index (χ0n) is 50.4. The fraction of sp³-hybridized carbons (Fsp3) is 0.221. The fourth-order valence-corrected chi connectivity index (χ4v) is 13.6. The van der Waals surface area contributed by atoms with Crippen molar-refractivity contribution in [1.29, 1.82) is 0 Å². The normalized spacial score (nSPS) is 13.2. The molecule has 4 nitrogen and oxygen atoms in total. The molecular formula is C77H75BN4. The summed E-state index contributed by atoms with van der Waals surface area (Å²) in [6, 6.07) is 76.4. The molecule has 0 spiro atoms. The third-order valence-corrected chi connectivity index (χ3v) is 17.6. The van der Waals surface area contributed by atoms with E-state index in [0.29, 0.717) is 0 Å². The SMILES string of the molecule is Cc1cc2c3c(c1)N(c1c(C)cc(-c4ccccc4)cc1C)c1ccc(C(C)(C)C)cc1B3c1ccc(N(c3ccc4c5ccccc5n(-c5ccccc5)c4c3)c3c(C)cc(C(C)(C)C)cc3C)cc1N2c1ccc(C(C)(C)C)cc1. The van der Waals surface area contributed by atoms with Crippen LogP contribution in [-0.4, -0.2) is 11.3 Å². The summed E-state index contributed by atoms with van der Waals surface area (Å²) < 4.78 is 2.44. The predicted octanol–water partition coefficient (Wildman–Crippen LogP) is 19.4. The van der Waals surface area contributed by atoms with Gasteiger partial charge in [-0.15, -0.1) is 0 Å². The van der Waals surface area contributed by atoms with Crippen molar-refractivity contribution in [2.75, 3.05) is 14.7 Å². The summed E-state index contributed by atoms with van der Waals surface area (Å²) in [5.74, 6) is 0. The van der Waals surface area contributed by atoms with Crippen LogP contribution in [0.5, 0.6) is 0 Å². The van der Waals surface area contributed by atoms with Crippen LogP contribution < -0.4 is 31.1 Å². The van der Waals surface area contributed by atoms with E-state index in [9.17, 15) is 0 Å². The second-order valence-electron chi connectivity index (χ2n) is 26.6. The second-order valence-corrected chi connectivity index (χ2v) is 26.6. The first kappa shape index (κ1) is 52.8. The maximum Gasteiger partial charge on any atom is 0.252 e. The third kappa shape index (κ3) is 8.74. The molecular weight excluding hydrogens is 992 g/mol. The molecule has 0 fully saturated rings. The van der Waals surface area contributed by atoms with Crippen molar-refractivity contribution in [3.05, 3.63) is 245 Å². The monoisotopic (exact) mass is 1070 g/mol. The number of para-hydroxylation sites is 2. The molecule has 82 heavy (non-hydrogen) atoms. The highest BCUT2D eigenvalue weighted by Gasteiger charge is 2.45. The topological polar surface area (TPSA) is 14.7 Å². The van der Waals surface area contributed by atoms with E-state index >= 15 is 0 Å². The molecule has 0 radical (unpaired) electrons. The Morgan fingerprint density at radius 1 is 0.366 bits per heavy atom. The number of hydrogen-bond donors (Lipinski definition) is 0. The van der Waals surface area contributed by atoms with Crippen molar-refractivity contribution in [2.45, 2.75) is 113 Å². The molecule has 406 valence electrons. The van der Waals surface area contributed by atoms with Crippen molar-refractivity contribution in [1.82, 2.24) is 4.57 Å². The molecule has 11 aromatic rings. The highest BCUT2D eigenvalue weighted by atomic mass is 15.2. The predicted molar refractivity (Wildman–Crippen MR) is 355 cm³/mol. The minimum absolute atomic E-state index is 0.00800. The van der Waals surface area contributed by atoms with Gasteiger partial charge in [0.1, 0.15) is 0 Å². The molecule has 1 aromatic heterocycles. The molecule has 0 atom stereocenters. The highest BCUT2D eigenvalue weighted by Crippen LogP contribution is 2.50. The van der Waals surface area contributed by atoms with Crippen molar-refractivity contribution >= 4 is 96.1 Å². The van der Waals surface area contributed by atoms with Gasteiger partial charge in [-0.2, -0.15) is 0 Å². The maximum absolute atomic E-state index is 2.61. The zero-order chi connectivity index (χ0) is 57.3. The number of aryl methyl sites for hydroxylation is 5. The molecule has 0 aliphatic carbocycles. The summed E-state index contributed by atoms with van der Waals surface area (Å²) in [6.45, 7) is 32.4. The fourth-order valence-electron chi connectivity index (χ4n) is 13.6. The lowest BCUT2D eigenvalue weighted by Crippen LogP contribution is -2.61. The summed E-state index contributed by atoms with van der Waals surface area (Å²) in [5.41, 5.74) is 30.6. The minimum Gasteiger partial charge on any atom is -0.311 e. The summed E-state index contributed by atoms with van der Waals surface area (Å²) in [4.78, 5) is 7.77. The average molecular weight is 1070 g/mol. The van der Waals surface area contributed by atoms with Crippen LogP contribution in [0.25, 0.3) is 38.6 Å². The number of hydrogen-bond acceptors (Lipinski definition) is 3. The molecule has 0 N–H and O–H groups in total. The van der Waals surface area contributed by atoms with Gasteiger partial charge in [0.15, 0.2) is 0 Å². The van der Waals surface area contributed by atoms with Crippen LogP contribution in [0, 0.1) is 34.6 Å². The first-order valence-electron chi connectivity index (χ1n) is 29.4. The summed E-state index contributed by atoms with van der Waals surface area (Å²) in [7, 11) is 0. The lowest BCUT2D eigenvalue weighted by molar-refractivity contribution is 0.589. The zero-order valence-corrected chi connectivity index (χ0v) is 50.4. The van der Waals surface area contributed by atoms with Gasteiger partial charge in [-0.1, -0.05) is 178 Å². The van der Waals surface area contributed by atoms with Gasteiger partial charge in [0.25, 0.3) is 6.71 Å². The van der Waals surface area contributed by atoms with Gasteiger partial charge < -0.3 is 19.3 Å². The van der Waals surface area contributed by atoms with E-state index in [1.54, 1.807) is 0 Å². The third-order valence-electron chi connectivity index (χ3n) is 17.6. The average Bonchev–Trinajstić information content (AvgIpc) is 2.19. The van der Waals surface area contributed by atoms with Gasteiger partial charge in [-0.05, 0) is 208 Å². The van der Waals surface area contributed by atoms with Crippen LogP contribution in [0.3, 0.4) is 0 Å². The van der Waals surface area contributed by atoms with E-state index in [0.717, 1.165) is 22.7 Å². The number of anilines is 9. The van der Waals surface area contributed by atoms with E-state index in [1.807, 2.05) is 0 Å². The number of nitrogens with zero attached hydrogens (tertiary/aromatic N) is 4. The first-order valence-corrected chi connectivity index (χ1v) is 29.4. The summed E-state index contributed by atoms with van der Waals surface area (Å²) in [5, 5.41) is 2.47. The Bertz CT molecular complexity index is 4290. The Hall–Kier alpha value is -8.54. The van der Waals surface area contributed by atoms with E-state index in [2.05, 4.69) is 316 Å². The Labute approximate surface area is 487 Å². The van der Waals surface area contributed by atoms with Crippen molar-refractivity contribution < 1.29 is 0 Å². The molecule has 5 heteroatoms. The molecule has 0 saturated heterocycles. The van der Waals surface area contributed by atoms with E-state index in [1.165, 1.54) is 128 Å². The van der Waals surface area contributed by atoms with Gasteiger partial charge in [-0.25, -0.2) is 0 Å².